The maximum atomic E-state index is 11.8. The average Bonchev–Trinajstić information content (AvgIpc) is 2.49. The first-order chi connectivity index (χ1) is 10.6. The molecule has 0 atom stereocenters. The first kappa shape index (κ1) is 15.7. The highest BCUT2D eigenvalue weighted by molar-refractivity contribution is 5.68. The van der Waals surface area contributed by atoms with Gasteiger partial charge >= 0.3 is 6.16 Å². The summed E-state index contributed by atoms with van der Waals surface area (Å²) < 4.78 is 20.1. The van der Waals surface area contributed by atoms with Gasteiger partial charge in [0.05, 0.1) is 13.7 Å². The van der Waals surface area contributed by atoms with Gasteiger partial charge in [0, 0.05) is 18.7 Å². The smallest absolute Gasteiger partial charge is 0.504 e. The minimum absolute atomic E-state index is 0.132. The van der Waals surface area contributed by atoms with Crippen molar-refractivity contribution in [1.82, 2.24) is 0 Å². The predicted molar refractivity (Wildman–Crippen MR) is 78.5 cm³/mol. The van der Waals surface area contributed by atoms with Crippen LogP contribution in [0.2, 0.25) is 0 Å². The van der Waals surface area contributed by atoms with E-state index in [2.05, 4.69) is 0 Å². The van der Waals surface area contributed by atoms with Crippen LogP contribution in [0.4, 0.5) is 4.79 Å². The Kier molecular flexibility index (Phi) is 5.21. The Bertz CT molecular complexity index is 653. The van der Waals surface area contributed by atoms with E-state index in [-0.39, 0.29) is 17.2 Å². The highest BCUT2D eigenvalue weighted by atomic mass is 16.7. The van der Waals surface area contributed by atoms with Gasteiger partial charge in [0.2, 0.25) is 0 Å². The number of ether oxygens (including phenoxy) is 4. The Hall–Kier alpha value is -2.73. The van der Waals surface area contributed by atoms with Crippen molar-refractivity contribution in [2.45, 2.75) is 6.61 Å². The number of carbonyl (C=O) groups excluding carboxylic acids is 1. The van der Waals surface area contributed by atoms with Crippen LogP contribution in [0.25, 0.3) is 0 Å². The third-order valence-corrected chi connectivity index (χ3v) is 2.82. The van der Waals surface area contributed by atoms with Crippen molar-refractivity contribution in [3.8, 4) is 23.0 Å². The molecule has 0 saturated carbocycles. The van der Waals surface area contributed by atoms with Crippen LogP contribution in [0.3, 0.4) is 0 Å². The van der Waals surface area contributed by atoms with E-state index in [0.29, 0.717) is 12.4 Å². The lowest BCUT2D eigenvalue weighted by Crippen LogP contribution is -2.14. The number of hydrogen-bond donors (Lipinski definition) is 1. The molecule has 0 aliphatic carbocycles. The number of hydrogen-bond acceptors (Lipinski definition) is 6. The molecule has 116 valence electrons. The zero-order chi connectivity index (χ0) is 15.9. The molecule has 6 nitrogen and oxygen atoms in total. The number of phenolic OH excluding ortho intramolecular Hbond substituents is 1. The lowest BCUT2D eigenvalue weighted by Gasteiger charge is -2.10. The molecule has 0 unspecified atom stereocenters. The molecular formula is C16H16O6. The van der Waals surface area contributed by atoms with Crippen LogP contribution in [-0.2, 0) is 11.3 Å². The number of carbonyl (C=O) groups is 1. The Morgan fingerprint density at radius 2 is 1.82 bits per heavy atom. The lowest BCUT2D eigenvalue weighted by molar-refractivity contribution is 0.147. The van der Waals surface area contributed by atoms with Crippen LogP contribution in [-0.4, -0.2) is 25.5 Å². The van der Waals surface area contributed by atoms with Gasteiger partial charge < -0.3 is 24.1 Å². The molecule has 0 radical (unpaired) electrons. The topological polar surface area (TPSA) is 74.2 Å². The SMILES string of the molecule is COCc1ccccc1OC(=O)Oc1ccc(OC)c(O)c1. The summed E-state index contributed by atoms with van der Waals surface area (Å²) >= 11 is 0. The number of methoxy groups -OCH3 is 2. The van der Waals surface area contributed by atoms with Crippen molar-refractivity contribution in [3.05, 3.63) is 48.0 Å². The number of phenols is 1. The van der Waals surface area contributed by atoms with Crippen molar-refractivity contribution >= 4 is 6.16 Å². The second-order valence-electron chi connectivity index (χ2n) is 4.33. The molecular weight excluding hydrogens is 288 g/mol. The summed E-state index contributed by atoms with van der Waals surface area (Å²) in [5.74, 6) is 0.651. The van der Waals surface area contributed by atoms with Gasteiger partial charge in [-0.25, -0.2) is 4.79 Å². The van der Waals surface area contributed by atoms with Gasteiger partial charge in [0.15, 0.2) is 11.5 Å². The van der Waals surface area contributed by atoms with E-state index in [1.54, 1.807) is 25.3 Å². The zero-order valence-corrected chi connectivity index (χ0v) is 12.2. The standard InChI is InChI=1S/C16H16O6/c1-19-10-11-5-3-4-6-14(11)22-16(18)21-12-7-8-15(20-2)13(17)9-12/h3-9,17H,10H2,1-2H3. The second kappa shape index (κ2) is 7.33. The molecule has 0 aliphatic heterocycles. The molecule has 0 aliphatic rings. The van der Waals surface area contributed by atoms with Crippen molar-refractivity contribution in [2.75, 3.05) is 14.2 Å². The normalized spacial score (nSPS) is 10.1. The van der Waals surface area contributed by atoms with E-state index in [1.165, 1.54) is 25.3 Å². The maximum Gasteiger partial charge on any atom is 0.519 e. The average molecular weight is 304 g/mol. The summed E-state index contributed by atoms with van der Waals surface area (Å²) in [6, 6.07) is 11.2. The second-order valence-corrected chi connectivity index (χ2v) is 4.33. The van der Waals surface area contributed by atoms with E-state index in [1.807, 2.05) is 6.07 Å². The largest absolute Gasteiger partial charge is 0.519 e. The van der Waals surface area contributed by atoms with Gasteiger partial charge in [-0.1, -0.05) is 18.2 Å². The van der Waals surface area contributed by atoms with E-state index >= 15 is 0 Å². The lowest BCUT2D eigenvalue weighted by atomic mass is 10.2. The summed E-state index contributed by atoms with van der Waals surface area (Å²) in [6.07, 6.45) is -0.909. The Labute approximate surface area is 127 Å². The monoisotopic (exact) mass is 304 g/mol. The molecule has 22 heavy (non-hydrogen) atoms. The number of benzene rings is 2. The molecule has 0 amide bonds. The third-order valence-electron chi connectivity index (χ3n) is 2.82. The van der Waals surface area contributed by atoms with Crippen LogP contribution >= 0.6 is 0 Å². The summed E-state index contributed by atoms with van der Waals surface area (Å²) in [5.41, 5.74) is 0.722. The minimum atomic E-state index is -0.909. The zero-order valence-electron chi connectivity index (χ0n) is 12.2. The summed E-state index contributed by atoms with van der Waals surface area (Å²) in [7, 11) is 2.98. The number of aromatic hydroxyl groups is 1. The molecule has 0 saturated heterocycles. The van der Waals surface area contributed by atoms with Crippen LogP contribution in [0.1, 0.15) is 5.56 Å². The summed E-state index contributed by atoms with van der Waals surface area (Å²) in [5, 5.41) is 9.63. The van der Waals surface area contributed by atoms with Gasteiger partial charge in [-0.3, -0.25) is 0 Å². The highest BCUT2D eigenvalue weighted by Crippen LogP contribution is 2.30. The molecule has 0 bridgehead atoms. The first-order valence-corrected chi connectivity index (χ1v) is 6.47. The molecule has 0 aromatic heterocycles. The first-order valence-electron chi connectivity index (χ1n) is 6.47. The van der Waals surface area contributed by atoms with E-state index < -0.39 is 6.16 Å². The summed E-state index contributed by atoms with van der Waals surface area (Å²) in [6.45, 7) is 0.312. The van der Waals surface area contributed by atoms with Gasteiger partial charge in [0.1, 0.15) is 11.5 Å². The fourth-order valence-corrected chi connectivity index (χ4v) is 1.82. The molecule has 1 N–H and O–H groups in total. The molecule has 2 aromatic rings. The molecule has 0 heterocycles. The fraction of sp³-hybridized carbons (Fsp3) is 0.188. The van der Waals surface area contributed by atoms with Crippen molar-refractivity contribution in [2.24, 2.45) is 0 Å². The van der Waals surface area contributed by atoms with Crippen LogP contribution in [0, 0.1) is 0 Å². The van der Waals surface area contributed by atoms with E-state index in [9.17, 15) is 9.90 Å². The van der Waals surface area contributed by atoms with E-state index in [0.717, 1.165) is 5.56 Å². The van der Waals surface area contributed by atoms with Gasteiger partial charge in [-0.2, -0.15) is 0 Å². The number of para-hydroxylation sites is 1. The summed E-state index contributed by atoms with van der Waals surface area (Å²) in [4.78, 5) is 11.8. The Morgan fingerprint density at radius 3 is 2.50 bits per heavy atom. The molecule has 2 rings (SSSR count). The molecule has 0 fully saturated rings. The number of rotatable bonds is 5. The maximum absolute atomic E-state index is 11.8. The van der Waals surface area contributed by atoms with Crippen molar-refractivity contribution in [3.63, 3.8) is 0 Å². The van der Waals surface area contributed by atoms with Gasteiger partial charge in [-0.15, -0.1) is 0 Å². The van der Waals surface area contributed by atoms with Crippen molar-refractivity contribution < 1.29 is 28.8 Å². The van der Waals surface area contributed by atoms with E-state index in [4.69, 9.17) is 18.9 Å². The minimum Gasteiger partial charge on any atom is -0.504 e. The van der Waals surface area contributed by atoms with Crippen LogP contribution < -0.4 is 14.2 Å². The Balaban J connectivity index is 2.06. The quantitative estimate of drug-likeness (QED) is 0.675. The molecule has 0 spiro atoms. The molecule has 2 aromatic carbocycles. The van der Waals surface area contributed by atoms with Crippen LogP contribution in [0.15, 0.2) is 42.5 Å². The molecule has 6 heteroatoms. The van der Waals surface area contributed by atoms with Gasteiger partial charge in [0.25, 0.3) is 0 Å². The third kappa shape index (κ3) is 3.89. The van der Waals surface area contributed by atoms with Crippen LogP contribution in [0.5, 0.6) is 23.0 Å². The van der Waals surface area contributed by atoms with Gasteiger partial charge in [-0.05, 0) is 18.2 Å². The fourth-order valence-electron chi connectivity index (χ4n) is 1.82. The predicted octanol–water partition coefficient (Wildman–Crippen LogP) is 3.13. The van der Waals surface area contributed by atoms with Crippen molar-refractivity contribution in [1.29, 1.82) is 0 Å². The Morgan fingerprint density at radius 1 is 1.05 bits per heavy atom. The highest BCUT2D eigenvalue weighted by Gasteiger charge is 2.12.